The van der Waals surface area contributed by atoms with E-state index in [1.807, 2.05) is 0 Å². The first-order chi connectivity index (χ1) is 8.97. The number of non-ortho nitro benzene ring substituents is 1. The van der Waals surface area contributed by atoms with Crippen LogP contribution >= 0.6 is 0 Å². The molecular weight excluding hydrogens is 253 g/mol. The lowest BCUT2D eigenvalue weighted by Crippen LogP contribution is -2.50. The molecule has 2 rings (SSSR count). The lowest BCUT2D eigenvalue weighted by Gasteiger charge is -2.32. The number of alkyl halides is 1. The molecule has 102 valence electrons. The van der Waals surface area contributed by atoms with Gasteiger partial charge in [0.1, 0.15) is 6.17 Å². The Morgan fingerprint density at radius 1 is 1.47 bits per heavy atom. The molecule has 0 spiro atoms. The zero-order valence-electron chi connectivity index (χ0n) is 10.2. The van der Waals surface area contributed by atoms with E-state index in [1.54, 1.807) is 0 Å². The number of nitro benzene ring substituents is 1. The fraction of sp³-hybridized carbons (Fsp3) is 0.417. The van der Waals surface area contributed by atoms with Crippen molar-refractivity contribution in [3.8, 4) is 0 Å². The van der Waals surface area contributed by atoms with E-state index in [2.05, 4.69) is 0 Å². The van der Waals surface area contributed by atoms with Crippen molar-refractivity contribution in [2.24, 2.45) is 5.73 Å². The van der Waals surface area contributed by atoms with Gasteiger partial charge in [-0.2, -0.15) is 0 Å². The van der Waals surface area contributed by atoms with E-state index in [1.165, 1.54) is 29.2 Å². The van der Waals surface area contributed by atoms with Crippen molar-refractivity contribution in [2.75, 3.05) is 13.1 Å². The van der Waals surface area contributed by atoms with Crippen LogP contribution in [0.4, 0.5) is 10.1 Å². The number of nitro groups is 1. The topological polar surface area (TPSA) is 89.5 Å². The Bertz CT molecular complexity index is 499. The summed E-state index contributed by atoms with van der Waals surface area (Å²) in [5, 5.41) is 10.7. The lowest BCUT2D eigenvalue weighted by atomic mass is 10.0. The molecule has 19 heavy (non-hydrogen) atoms. The summed E-state index contributed by atoms with van der Waals surface area (Å²) >= 11 is 0. The molecule has 7 heteroatoms. The molecule has 1 aromatic rings. The molecule has 1 amide bonds. The number of rotatable bonds is 2. The predicted molar refractivity (Wildman–Crippen MR) is 66.5 cm³/mol. The number of likely N-dealkylation sites (tertiary alicyclic amines) is 1. The molecule has 0 aliphatic carbocycles. The molecule has 0 aromatic heterocycles. The van der Waals surface area contributed by atoms with Crippen LogP contribution in [0.1, 0.15) is 16.8 Å². The van der Waals surface area contributed by atoms with E-state index in [-0.39, 0.29) is 30.8 Å². The number of benzene rings is 1. The van der Waals surface area contributed by atoms with E-state index < -0.39 is 23.0 Å². The van der Waals surface area contributed by atoms with Crippen molar-refractivity contribution in [1.82, 2.24) is 4.90 Å². The van der Waals surface area contributed by atoms with Crippen LogP contribution in [0.3, 0.4) is 0 Å². The first-order valence-corrected chi connectivity index (χ1v) is 5.90. The van der Waals surface area contributed by atoms with E-state index in [0.717, 1.165) is 0 Å². The number of halogens is 1. The van der Waals surface area contributed by atoms with Crippen LogP contribution in [0.25, 0.3) is 0 Å². The van der Waals surface area contributed by atoms with Gasteiger partial charge in [0, 0.05) is 30.3 Å². The van der Waals surface area contributed by atoms with Crippen LogP contribution in [0.5, 0.6) is 0 Å². The largest absolute Gasteiger partial charge is 0.334 e. The minimum atomic E-state index is -1.15. The molecular formula is C12H14FN3O3. The van der Waals surface area contributed by atoms with Gasteiger partial charge in [0.25, 0.3) is 11.6 Å². The van der Waals surface area contributed by atoms with Gasteiger partial charge < -0.3 is 10.6 Å². The third-order valence-electron chi connectivity index (χ3n) is 3.02. The first kappa shape index (κ1) is 13.4. The summed E-state index contributed by atoms with van der Waals surface area (Å²) < 4.78 is 13.4. The maximum absolute atomic E-state index is 13.4. The van der Waals surface area contributed by atoms with Crippen molar-refractivity contribution < 1.29 is 14.1 Å². The molecule has 1 aromatic carbocycles. The molecule has 1 fully saturated rings. The minimum Gasteiger partial charge on any atom is -0.334 e. The van der Waals surface area contributed by atoms with Crippen molar-refractivity contribution in [3.05, 3.63) is 39.9 Å². The molecule has 2 N–H and O–H groups in total. The van der Waals surface area contributed by atoms with Crippen molar-refractivity contribution in [3.63, 3.8) is 0 Å². The molecule has 1 aliphatic heterocycles. The Labute approximate surface area is 109 Å². The lowest BCUT2D eigenvalue weighted by molar-refractivity contribution is -0.384. The highest BCUT2D eigenvalue weighted by Crippen LogP contribution is 2.18. The highest BCUT2D eigenvalue weighted by molar-refractivity contribution is 5.95. The summed E-state index contributed by atoms with van der Waals surface area (Å²) in [6.45, 7) is 0.247. The summed E-state index contributed by atoms with van der Waals surface area (Å²) in [6.07, 6.45) is -0.912. The second kappa shape index (κ2) is 5.31. The van der Waals surface area contributed by atoms with Gasteiger partial charge in [-0.3, -0.25) is 14.9 Å². The van der Waals surface area contributed by atoms with Gasteiger partial charge in [0.15, 0.2) is 0 Å². The van der Waals surface area contributed by atoms with E-state index in [0.29, 0.717) is 0 Å². The summed E-state index contributed by atoms with van der Waals surface area (Å²) in [7, 11) is 0. The Morgan fingerprint density at radius 3 is 2.84 bits per heavy atom. The molecule has 2 atom stereocenters. The Kier molecular flexibility index (Phi) is 3.75. The highest BCUT2D eigenvalue weighted by Gasteiger charge is 2.29. The third kappa shape index (κ3) is 3.05. The number of piperidine rings is 1. The second-order valence-electron chi connectivity index (χ2n) is 4.61. The maximum Gasteiger partial charge on any atom is 0.270 e. The number of carbonyl (C=O) groups excluding carboxylic acids is 1. The molecule has 1 saturated heterocycles. The van der Waals surface area contributed by atoms with E-state index in [4.69, 9.17) is 5.73 Å². The Morgan fingerprint density at radius 2 is 2.21 bits per heavy atom. The Hall–Kier alpha value is -2.02. The Balaban J connectivity index is 2.19. The zero-order valence-corrected chi connectivity index (χ0v) is 10.2. The molecule has 1 heterocycles. The molecule has 0 unspecified atom stereocenters. The summed E-state index contributed by atoms with van der Waals surface area (Å²) in [6, 6.07) is 5.00. The summed E-state index contributed by atoms with van der Waals surface area (Å²) in [5.74, 6) is -0.429. The normalized spacial score (nSPS) is 23.2. The summed E-state index contributed by atoms with van der Waals surface area (Å²) in [4.78, 5) is 23.5. The van der Waals surface area contributed by atoms with Gasteiger partial charge in [0.2, 0.25) is 0 Å². The maximum atomic E-state index is 13.4. The number of hydrogen-bond donors (Lipinski definition) is 1. The average molecular weight is 267 g/mol. The molecule has 0 bridgehead atoms. The standard InChI is InChI=1S/C12H14FN3O3/c13-9-5-10(14)7-15(6-9)12(17)8-2-1-3-11(4-8)16(18)19/h1-4,9-10H,5-7,14H2/t9-,10+/m1/s1. The quantitative estimate of drug-likeness (QED) is 0.642. The molecule has 6 nitrogen and oxygen atoms in total. The number of nitrogens with two attached hydrogens (primary N) is 1. The van der Waals surface area contributed by atoms with Crippen LogP contribution < -0.4 is 5.73 Å². The smallest absolute Gasteiger partial charge is 0.270 e. The van der Waals surface area contributed by atoms with Crippen LogP contribution in [0, 0.1) is 10.1 Å². The fourth-order valence-corrected chi connectivity index (χ4v) is 2.18. The van der Waals surface area contributed by atoms with Gasteiger partial charge >= 0.3 is 0 Å². The fourth-order valence-electron chi connectivity index (χ4n) is 2.18. The van der Waals surface area contributed by atoms with Gasteiger partial charge in [0.05, 0.1) is 11.5 Å². The van der Waals surface area contributed by atoms with E-state index in [9.17, 15) is 19.3 Å². The van der Waals surface area contributed by atoms with Crippen LogP contribution in [0.15, 0.2) is 24.3 Å². The minimum absolute atomic E-state index is 0.0186. The van der Waals surface area contributed by atoms with Crippen molar-refractivity contribution in [1.29, 1.82) is 0 Å². The second-order valence-corrected chi connectivity index (χ2v) is 4.61. The molecule has 0 saturated carbocycles. The molecule has 0 radical (unpaired) electrons. The molecule has 1 aliphatic rings. The number of carbonyl (C=O) groups is 1. The van der Waals surface area contributed by atoms with Crippen LogP contribution in [-0.2, 0) is 0 Å². The zero-order chi connectivity index (χ0) is 14.0. The number of hydrogen-bond acceptors (Lipinski definition) is 4. The van der Waals surface area contributed by atoms with Gasteiger partial charge in [-0.25, -0.2) is 4.39 Å². The third-order valence-corrected chi connectivity index (χ3v) is 3.02. The van der Waals surface area contributed by atoms with Gasteiger partial charge in [-0.05, 0) is 12.5 Å². The van der Waals surface area contributed by atoms with Crippen molar-refractivity contribution >= 4 is 11.6 Å². The van der Waals surface area contributed by atoms with Gasteiger partial charge in [-0.1, -0.05) is 6.07 Å². The van der Waals surface area contributed by atoms with Gasteiger partial charge in [-0.15, -0.1) is 0 Å². The monoisotopic (exact) mass is 267 g/mol. The average Bonchev–Trinajstić information content (AvgIpc) is 2.37. The number of nitrogens with zero attached hydrogens (tertiary/aromatic N) is 2. The highest BCUT2D eigenvalue weighted by atomic mass is 19.1. The van der Waals surface area contributed by atoms with Crippen LogP contribution in [0.2, 0.25) is 0 Å². The van der Waals surface area contributed by atoms with Crippen molar-refractivity contribution in [2.45, 2.75) is 18.6 Å². The first-order valence-electron chi connectivity index (χ1n) is 5.90. The number of amides is 1. The van der Waals surface area contributed by atoms with Crippen LogP contribution in [-0.4, -0.2) is 41.0 Å². The van der Waals surface area contributed by atoms with E-state index >= 15 is 0 Å². The SMILES string of the molecule is N[C@H]1C[C@@H](F)CN(C(=O)c2cccc([N+](=O)[O-])c2)C1. The predicted octanol–water partition coefficient (Wildman–Crippen LogP) is 1.11. The summed E-state index contributed by atoms with van der Waals surface area (Å²) in [5.41, 5.74) is 5.68.